The number of carbonyl (C=O) groups is 2. The van der Waals surface area contributed by atoms with E-state index in [4.69, 9.17) is 10.5 Å². The molecule has 1 atom stereocenters. The lowest BCUT2D eigenvalue weighted by Gasteiger charge is -2.15. The van der Waals surface area contributed by atoms with Gasteiger partial charge in [0.25, 0.3) is 0 Å². The van der Waals surface area contributed by atoms with Crippen molar-refractivity contribution in [3.05, 3.63) is 65.0 Å². The van der Waals surface area contributed by atoms with Crippen molar-refractivity contribution in [3.63, 3.8) is 0 Å². The van der Waals surface area contributed by atoms with E-state index in [0.717, 1.165) is 11.6 Å². The molecule has 0 spiro atoms. The van der Waals surface area contributed by atoms with Gasteiger partial charge in [-0.1, -0.05) is 30.3 Å². The van der Waals surface area contributed by atoms with Gasteiger partial charge in [-0.25, -0.2) is 9.18 Å². The number of ketones is 1. The van der Waals surface area contributed by atoms with Gasteiger partial charge in [0, 0.05) is 11.3 Å². The fourth-order valence-corrected chi connectivity index (χ4v) is 2.15. The Morgan fingerprint density at radius 2 is 1.92 bits per heavy atom. The molecule has 0 unspecified atom stereocenters. The van der Waals surface area contributed by atoms with Gasteiger partial charge in [-0.3, -0.25) is 4.79 Å². The van der Waals surface area contributed by atoms with Gasteiger partial charge in [0.05, 0.1) is 6.04 Å². The standard InChI is InChI=1S/C18H19FN2O3/c1-11-8-14(16(20)9-15(11)19)17(22)12(2)21-18(23)24-10-13-6-4-3-5-7-13/h3-9,12H,10,20H2,1-2H3,(H,21,23)/t12-/m1/s1. The summed E-state index contributed by atoms with van der Waals surface area (Å²) in [5.41, 5.74) is 7.05. The van der Waals surface area contributed by atoms with Crippen molar-refractivity contribution >= 4 is 17.6 Å². The molecule has 0 aromatic heterocycles. The lowest BCUT2D eigenvalue weighted by Crippen LogP contribution is -2.39. The average molecular weight is 330 g/mol. The van der Waals surface area contributed by atoms with Crippen molar-refractivity contribution in [1.29, 1.82) is 0 Å². The maximum absolute atomic E-state index is 13.4. The van der Waals surface area contributed by atoms with Crippen LogP contribution in [0.15, 0.2) is 42.5 Å². The van der Waals surface area contributed by atoms with Gasteiger partial charge in [-0.2, -0.15) is 0 Å². The highest BCUT2D eigenvalue weighted by Gasteiger charge is 2.21. The second-order valence-electron chi connectivity index (χ2n) is 5.48. The smallest absolute Gasteiger partial charge is 0.408 e. The summed E-state index contributed by atoms with van der Waals surface area (Å²) >= 11 is 0. The number of Topliss-reactive ketones (excluding diaryl/α,β-unsaturated/α-hetero) is 1. The molecule has 2 rings (SSSR count). The number of carbonyl (C=O) groups excluding carboxylic acids is 2. The molecular weight excluding hydrogens is 311 g/mol. The normalized spacial score (nSPS) is 11.6. The number of benzene rings is 2. The molecule has 24 heavy (non-hydrogen) atoms. The van der Waals surface area contributed by atoms with E-state index in [9.17, 15) is 14.0 Å². The van der Waals surface area contributed by atoms with Gasteiger partial charge in [-0.05, 0) is 37.1 Å². The highest BCUT2D eigenvalue weighted by atomic mass is 19.1. The largest absolute Gasteiger partial charge is 0.445 e. The number of halogens is 1. The van der Waals surface area contributed by atoms with Crippen LogP contribution >= 0.6 is 0 Å². The average Bonchev–Trinajstić information content (AvgIpc) is 2.56. The van der Waals surface area contributed by atoms with Crippen molar-refractivity contribution in [3.8, 4) is 0 Å². The highest BCUT2D eigenvalue weighted by molar-refractivity contribution is 6.05. The topological polar surface area (TPSA) is 81.4 Å². The van der Waals surface area contributed by atoms with Crippen LogP contribution in [-0.2, 0) is 11.3 Å². The molecule has 0 heterocycles. The zero-order valence-electron chi connectivity index (χ0n) is 13.5. The van der Waals surface area contributed by atoms with Crippen molar-refractivity contribution in [2.24, 2.45) is 0 Å². The summed E-state index contributed by atoms with van der Waals surface area (Å²) in [5, 5.41) is 2.45. The Morgan fingerprint density at radius 3 is 2.58 bits per heavy atom. The summed E-state index contributed by atoms with van der Waals surface area (Å²) in [6, 6.07) is 10.8. The van der Waals surface area contributed by atoms with Crippen LogP contribution in [0.25, 0.3) is 0 Å². The number of amides is 1. The Morgan fingerprint density at radius 1 is 1.25 bits per heavy atom. The maximum Gasteiger partial charge on any atom is 0.408 e. The van der Waals surface area contributed by atoms with E-state index in [2.05, 4.69) is 5.32 Å². The Hall–Kier alpha value is -2.89. The minimum absolute atomic E-state index is 0.0365. The second-order valence-corrected chi connectivity index (χ2v) is 5.48. The van der Waals surface area contributed by atoms with E-state index >= 15 is 0 Å². The van der Waals surface area contributed by atoms with Crippen molar-refractivity contribution in [2.45, 2.75) is 26.5 Å². The van der Waals surface area contributed by atoms with E-state index < -0.39 is 23.7 Å². The fraction of sp³-hybridized carbons (Fsp3) is 0.222. The summed E-state index contributed by atoms with van der Waals surface area (Å²) in [4.78, 5) is 24.2. The molecular formula is C18H19FN2O3. The summed E-state index contributed by atoms with van der Waals surface area (Å²) < 4.78 is 18.5. The minimum atomic E-state index is -0.847. The fourth-order valence-electron chi connectivity index (χ4n) is 2.15. The number of anilines is 1. The molecule has 0 fully saturated rings. The first-order chi connectivity index (χ1) is 11.4. The van der Waals surface area contributed by atoms with Crippen LogP contribution in [-0.4, -0.2) is 17.9 Å². The molecule has 0 radical (unpaired) electrons. The molecule has 0 aliphatic carbocycles. The predicted octanol–water partition coefficient (Wildman–Crippen LogP) is 3.21. The number of ether oxygens (including phenoxy) is 1. The molecule has 1 amide bonds. The molecule has 0 aliphatic heterocycles. The van der Waals surface area contributed by atoms with E-state index in [1.165, 1.54) is 19.9 Å². The van der Waals surface area contributed by atoms with Gasteiger partial charge < -0.3 is 15.8 Å². The van der Waals surface area contributed by atoms with E-state index in [1.54, 1.807) is 0 Å². The Bertz CT molecular complexity index is 747. The number of nitrogens with two attached hydrogens (primary N) is 1. The van der Waals surface area contributed by atoms with Gasteiger partial charge in [0.15, 0.2) is 5.78 Å². The molecule has 0 saturated heterocycles. The molecule has 2 aromatic rings. The van der Waals surface area contributed by atoms with Crippen LogP contribution in [0, 0.1) is 12.7 Å². The Labute approximate surface area is 139 Å². The molecule has 126 valence electrons. The van der Waals surface area contributed by atoms with Crippen LogP contribution < -0.4 is 11.1 Å². The van der Waals surface area contributed by atoms with Crippen LogP contribution in [0.5, 0.6) is 0 Å². The quantitative estimate of drug-likeness (QED) is 0.651. The van der Waals surface area contributed by atoms with Crippen molar-refractivity contribution in [2.75, 3.05) is 5.73 Å². The highest BCUT2D eigenvalue weighted by Crippen LogP contribution is 2.19. The molecule has 0 bridgehead atoms. The Balaban J connectivity index is 1.96. The number of nitrogens with one attached hydrogen (secondary N) is 1. The molecule has 6 heteroatoms. The molecule has 3 N–H and O–H groups in total. The van der Waals surface area contributed by atoms with Gasteiger partial charge >= 0.3 is 6.09 Å². The number of nitrogen functional groups attached to an aromatic ring is 1. The van der Waals surface area contributed by atoms with Gasteiger partial charge in [0.1, 0.15) is 12.4 Å². The molecule has 2 aromatic carbocycles. The summed E-state index contributed by atoms with van der Waals surface area (Å²) in [6.07, 6.45) is -0.711. The first-order valence-corrected chi connectivity index (χ1v) is 7.45. The number of hydrogen-bond acceptors (Lipinski definition) is 4. The number of hydrogen-bond donors (Lipinski definition) is 2. The van der Waals surface area contributed by atoms with Crippen LogP contribution in [0.2, 0.25) is 0 Å². The predicted molar refractivity (Wildman–Crippen MR) is 89.1 cm³/mol. The third kappa shape index (κ3) is 4.32. The summed E-state index contributed by atoms with van der Waals surface area (Å²) in [7, 11) is 0. The summed E-state index contributed by atoms with van der Waals surface area (Å²) in [6.45, 7) is 3.16. The monoisotopic (exact) mass is 330 g/mol. The van der Waals surface area contributed by atoms with E-state index in [-0.39, 0.29) is 17.9 Å². The molecule has 0 saturated carbocycles. The minimum Gasteiger partial charge on any atom is -0.445 e. The van der Waals surface area contributed by atoms with Crippen LogP contribution in [0.4, 0.5) is 14.9 Å². The lowest BCUT2D eigenvalue weighted by atomic mass is 10.0. The third-order valence-electron chi connectivity index (χ3n) is 3.54. The lowest BCUT2D eigenvalue weighted by molar-refractivity contribution is 0.0927. The van der Waals surface area contributed by atoms with Crippen molar-refractivity contribution in [1.82, 2.24) is 5.32 Å². The second kappa shape index (κ2) is 7.59. The van der Waals surface area contributed by atoms with E-state index in [1.807, 2.05) is 30.3 Å². The van der Waals surface area contributed by atoms with Crippen LogP contribution in [0.3, 0.4) is 0 Å². The number of alkyl carbamates (subject to hydrolysis) is 1. The van der Waals surface area contributed by atoms with Crippen LogP contribution in [0.1, 0.15) is 28.4 Å². The van der Waals surface area contributed by atoms with Gasteiger partial charge in [0.2, 0.25) is 0 Å². The molecule has 5 nitrogen and oxygen atoms in total. The first kappa shape index (κ1) is 17.5. The molecule has 0 aliphatic rings. The van der Waals surface area contributed by atoms with E-state index in [0.29, 0.717) is 5.56 Å². The SMILES string of the molecule is Cc1cc(C(=O)[C@@H](C)NC(=O)OCc2ccccc2)c(N)cc1F. The van der Waals surface area contributed by atoms with Gasteiger partial charge in [-0.15, -0.1) is 0 Å². The number of aryl methyl sites for hydroxylation is 1. The zero-order chi connectivity index (χ0) is 17.7. The maximum atomic E-state index is 13.4. The Kier molecular flexibility index (Phi) is 5.52. The third-order valence-corrected chi connectivity index (χ3v) is 3.54. The zero-order valence-corrected chi connectivity index (χ0v) is 13.5. The number of rotatable bonds is 5. The van der Waals surface area contributed by atoms with Crippen molar-refractivity contribution < 1.29 is 18.7 Å². The first-order valence-electron chi connectivity index (χ1n) is 7.45. The summed E-state index contributed by atoms with van der Waals surface area (Å²) in [5.74, 6) is -0.890.